The molecule has 0 bridgehead atoms. The van der Waals surface area contributed by atoms with E-state index in [1.807, 2.05) is 43.5 Å². The number of nitrogens with one attached hydrogen (secondary N) is 2. The van der Waals surface area contributed by atoms with Crippen molar-refractivity contribution in [2.75, 3.05) is 0 Å². The van der Waals surface area contributed by atoms with Crippen molar-refractivity contribution in [2.45, 2.75) is 36.6 Å². The second-order valence-electron chi connectivity index (χ2n) is 6.86. The van der Waals surface area contributed by atoms with Crippen LogP contribution in [0.25, 0.3) is 10.9 Å². The first-order valence-electron chi connectivity index (χ1n) is 8.86. The second kappa shape index (κ2) is 6.74. The Kier molecular flexibility index (Phi) is 4.42. The van der Waals surface area contributed by atoms with Crippen molar-refractivity contribution in [2.24, 2.45) is 0 Å². The molecule has 2 N–H and O–H groups in total. The highest BCUT2D eigenvalue weighted by Gasteiger charge is 2.29. The van der Waals surface area contributed by atoms with Gasteiger partial charge in [0, 0.05) is 29.1 Å². The van der Waals surface area contributed by atoms with E-state index in [-0.39, 0.29) is 12.0 Å². The summed E-state index contributed by atoms with van der Waals surface area (Å²) in [4.78, 5) is 3.61. The van der Waals surface area contributed by atoms with Crippen LogP contribution >= 0.6 is 0 Å². The van der Waals surface area contributed by atoms with Gasteiger partial charge in [-0.05, 0) is 43.5 Å². The van der Waals surface area contributed by atoms with E-state index in [4.69, 9.17) is 0 Å². The van der Waals surface area contributed by atoms with Crippen molar-refractivity contribution < 1.29 is 8.42 Å². The number of aryl methyl sites for hydroxylation is 1. The summed E-state index contributed by atoms with van der Waals surface area (Å²) in [5.74, 6) is 0.0140. The van der Waals surface area contributed by atoms with Gasteiger partial charge < -0.3 is 4.98 Å². The molecule has 2 atom stereocenters. The van der Waals surface area contributed by atoms with Gasteiger partial charge in [-0.2, -0.15) is 0 Å². The second-order valence-corrected chi connectivity index (χ2v) is 8.58. The fourth-order valence-corrected chi connectivity index (χ4v) is 4.93. The van der Waals surface area contributed by atoms with Crippen molar-refractivity contribution in [3.63, 3.8) is 0 Å². The molecule has 0 amide bonds. The zero-order valence-electron chi connectivity index (χ0n) is 14.6. The first-order chi connectivity index (χ1) is 12.5. The lowest BCUT2D eigenvalue weighted by Crippen LogP contribution is -2.39. The summed E-state index contributed by atoms with van der Waals surface area (Å²) in [7, 11) is -3.55. The van der Waals surface area contributed by atoms with Gasteiger partial charge in [-0.1, -0.05) is 48.0 Å². The van der Waals surface area contributed by atoms with E-state index >= 15 is 0 Å². The molecule has 1 aliphatic rings. The Morgan fingerprint density at radius 1 is 1.08 bits per heavy atom. The topological polar surface area (TPSA) is 62.0 Å². The van der Waals surface area contributed by atoms with Crippen LogP contribution in [0.2, 0.25) is 0 Å². The van der Waals surface area contributed by atoms with E-state index in [0.717, 1.165) is 34.9 Å². The first-order valence-corrected chi connectivity index (χ1v) is 10.3. The number of para-hydroxylation sites is 1. The molecule has 2 unspecified atom stereocenters. The van der Waals surface area contributed by atoms with Gasteiger partial charge in [-0.3, -0.25) is 0 Å². The quantitative estimate of drug-likeness (QED) is 0.678. The summed E-state index contributed by atoms with van der Waals surface area (Å²) in [6.07, 6.45) is 7.93. The minimum atomic E-state index is -3.55. The number of rotatable bonds is 4. The Morgan fingerprint density at radius 2 is 1.85 bits per heavy atom. The summed E-state index contributed by atoms with van der Waals surface area (Å²) in [5, 5.41) is 1.14. The fourth-order valence-electron chi connectivity index (χ4n) is 3.64. The lowest BCUT2D eigenvalue weighted by molar-refractivity contribution is 0.487. The van der Waals surface area contributed by atoms with Gasteiger partial charge in [0.05, 0.1) is 4.90 Å². The van der Waals surface area contributed by atoms with E-state index in [1.165, 1.54) is 0 Å². The molecule has 0 spiro atoms. The smallest absolute Gasteiger partial charge is 0.240 e. The summed E-state index contributed by atoms with van der Waals surface area (Å²) in [6, 6.07) is 14.9. The molecule has 1 aliphatic carbocycles. The molecule has 5 heteroatoms. The lowest BCUT2D eigenvalue weighted by Gasteiger charge is -2.28. The average molecular weight is 366 g/mol. The highest BCUT2D eigenvalue weighted by molar-refractivity contribution is 7.89. The van der Waals surface area contributed by atoms with Gasteiger partial charge in [0.25, 0.3) is 0 Å². The minimum absolute atomic E-state index is 0.0140. The van der Waals surface area contributed by atoms with Gasteiger partial charge in [0.1, 0.15) is 0 Å². The van der Waals surface area contributed by atoms with Crippen LogP contribution in [0.15, 0.2) is 71.8 Å². The maximum atomic E-state index is 12.8. The fraction of sp³-hybridized carbons (Fsp3) is 0.238. The number of fused-ring (bicyclic) bond motifs is 1. The number of aromatic amines is 1. The van der Waals surface area contributed by atoms with Gasteiger partial charge >= 0.3 is 0 Å². The van der Waals surface area contributed by atoms with Crippen molar-refractivity contribution in [3.05, 3.63) is 78.0 Å². The molecule has 3 aromatic rings. The Bertz CT molecular complexity index is 1050. The first kappa shape index (κ1) is 17.1. The third-order valence-corrected chi connectivity index (χ3v) is 6.55. The summed E-state index contributed by atoms with van der Waals surface area (Å²) in [5.41, 5.74) is 3.25. The molecule has 1 aromatic heterocycles. The standard InChI is InChI=1S/C21H22N2O2S/c1-15-10-12-16(13-11-15)26(24,25)23-21-9-5-3-7-18(21)19-14-22-20-8-4-2-6-17(19)20/h2-4,6-8,10-14,18,21-23H,5,9H2,1H3. The molecule has 2 aromatic carbocycles. The Labute approximate surface area is 154 Å². The molecule has 4 nitrogen and oxygen atoms in total. The third-order valence-electron chi connectivity index (χ3n) is 5.04. The number of aromatic nitrogens is 1. The number of H-pyrrole nitrogens is 1. The van der Waals surface area contributed by atoms with Crippen LogP contribution in [-0.4, -0.2) is 19.4 Å². The highest BCUT2D eigenvalue weighted by Crippen LogP contribution is 2.34. The van der Waals surface area contributed by atoms with Crippen molar-refractivity contribution in [3.8, 4) is 0 Å². The van der Waals surface area contributed by atoms with Crippen molar-refractivity contribution in [1.29, 1.82) is 0 Å². The van der Waals surface area contributed by atoms with E-state index in [1.54, 1.807) is 12.1 Å². The minimum Gasteiger partial charge on any atom is -0.361 e. The maximum absolute atomic E-state index is 12.8. The Hall–Kier alpha value is -2.37. The van der Waals surface area contributed by atoms with E-state index in [9.17, 15) is 8.42 Å². The molecule has 0 saturated carbocycles. The van der Waals surface area contributed by atoms with Gasteiger partial charge in [0.15, 0.2) is 0 Å². The largest absolute Gasteiger partial charge is 0.361 e. The summed E-state index contributed by atoms with van der Waals surface area (Å²) in [6.45, 7) is 1.95. The van der Waals surface area contributed by atoms with E-state index in [2.05, 4.69) is 27.9 Å². The Morgan fingerprint density at radius 3 is 2.65 bits per heavy atom. The predicted molar refractivity (Wildman–Crippen MR) is 105 cm³/mol. The summed E-state index contributed by atoms with van der Waals surface area (Å²) < 4.78 is 28.6. The van der Waals surface area contributed by atoms with Gasteiger partial charge in [-0.25, -0.2) is 13.1 Å². The zero-order valence-corrected chi connectivity index (χ0v) is 15.5. The molecule has 1 heterocycles. The van der Waals surface area contributed by atoms with Crippen LogP contribution < -0.4 is 4.72 Å². The molecular weight excluding hydrogens is 344 g/mol. The molecule has 4 rings (SSSR count). The average Bonchev–Trinajstić information content (AvgIpc) is 3.06. The lowest BCUT2D eigenvalue weighted by atomic mass is 9.85. The van der Waals surface area contributed by atoms with Crippen LogP contribution in [0, 0.1) is 6.92 Å². The van der Waals surface area contributed by atoms with Gasteiger partial charge in [-0.15, -0.1) is 0 Å². The van der Waals surface area contributed by atoms with E-state index < -0.39 is 10.0 Å². The monoisotopic (exact) mass is 366 g/mol. The molecule has 26 heavy (non-hydrogen) atoms. The van der Waals surface area contributed by atoms with Crippen LogP contribution in [0.1, 0.15) is 29.9 Å². The predicted octanol–water partition coefficient (Wildman–Crippen LogP) is 4.26. The summed E-state index contributed by atoms with van der Waals surface area (Å²) >= 11 is 0. The van der Waals surface area contributed by atoms with E-state index in [0.29, 0.717) is 4.90 Å². The molecular formula is C21H22N2O2S. The molecule has 134 valence electrons. The van der Waals surface area contributed by atoms with Crippen LogP contribution in [-0.2, 0) is 10.0 Å². The third kappa shape index (κ3) is 3.20. The van der Waals surface area contributed by atoms with Crippen molar-refractivity contribution in [1.82, 2.24) is 9.71 Å². The zero-order chi connectivity index (χ0) is 18.1. The molecule has 0 fully saturated rings. The van der Waals surface area contributed by atoms with Crippen molar-refractivity contribution >= 4 is 20.9 Å². The van der Waals surface area contributed by atoms with Crippen LogP contribution in [0.3, 0.4) is 0 Å². The SMILES string of the molecule is Cc1ccc(S(=O)(=O)NC2CCC=CC2c2c[nH]c3ccccc23)cc1. The van der Waals surface area contributed by atoms with Crippen LogP contribution in [0.5, 0.6) is 0 Å². The number of benzene rings is 2. The van der Waals surface area contributed by atoms with Crippen LogP contribution in [0.4, 0.5) is 0 Å². The normalized spacial score (nSPS) is 20.5. The molecule has 0 radical (unpaired) electrons. The Balaban J connectivity index is 1.66. The maximum Gasteiger partial charge on any atom is 0.240 e. The molecule has 0 aliphatic heterocycles. The molecule has 0 saturated heterocycles. The number of allylic oxidation sites excluding steroid dienone is 1. The number of hydrogen-bond donors (Lipinski definition) is 2. The number of hydrogen-bond acceptors (Lipinski definition) is 2. The number of sulfonamides is 1. The van der Waals surface area contributed by atoms with Gasteiger partial charge in [0.2, 0.25) is 10.0 Å². The highest BCUT2D eigenvalue weighted by atomic mass is 32.2.